The Kier molecular flexibility index (Phi) is 5.88. The molecule has 1 amide bonds. The van der Waals surface area contributed by atoms with Crippen LogP contribution in [-0.2, 0) is 4.74 Å². The molecule has 1 aromatic carbocycles. The smallest absolute Gasteiger partial charge is 0.253 e. The summed E-state index contributed by atoms with van der Waals surface area (Å²) in [5, 5.41) is 0. The third-order valence-corrected chi connectivity index (χ3v) is 6.12. The van der Waals surface area contributed by atoms with Gasteiger partial charge in [0, 0.05) is 64.5 Å². The van der Waals surface area contributed by atoms with Gasteiger partial charge in [-0.15, -0.1) is 0 Å². The van der Waals surface area contributed by atoms with Gasteiger partial charge in [0.1, 0.15) is 0 Å². The second kappa shape index (κ2) is 8.51. The second-order valence-electron chi connectivity index (χ2n) is 8.10. The molecule has 3 aliphatic heterocycles. The number of rotatable bonds is 5. The van der Waals surface area contributed by atoms with Gasteiger partial charge in [0.25, 0.3) is 5.91 Å². The van der Waals surface area contributed by atoms with Crippen molar-refractivity contribution in [3.8, 4) is 0 Å². The van der Waals surface area contributed by atoms with Crippen LogP contribution in [0.5, 0.6) is 0 Å². The lowest BCUT2D eigenvalue weighted by Gasteiger charge is -2.36. The number of carbonyl (C=O) groups excluding carboxylic acids is 1. The highest BCUT2D eigenvalue weighted by Gasteiger charge is 2.29. The highest BCUT2D eigenvalue weighted by atomic mass is 16.5. The molecule has 0 radical (unpaired) electrons. The molecule has 3 heterocycles. The Labute approximate surface area is 156 Å². The zero-order valence-corrected chi connectivity index (χ0v) is 15.7. The fourth-order valence-corrected chi connectivity index (χ4v) is 4.54. The molecule has 4 rings (SSSR count). The summed E-state index contributed by atoms with van der Waals surface area (Å²) in [6.45, 7) is 10.7. The van der Waals surface area contributed by atoms with E-state index in [0.717, 1.165) is 63.8 Å². The summed E-state index contributed by atoms with van der Waals surface area (Å²) >= 11 is 0. The van der Waals surface area contributed by atoms with Crippen molar-refractivity contribution >= 4 is 5.91 Å². The second-order valence-corrected chi connectivity index (χ2v) is 8.10. The highest BCUT2D eigenvalue weighted by molar-refractivity contribution is 5.94. The van der Waals surface area contributed by atoms with Crippen LogP contribution in [0.2, 0.25) is 0 Å². The Morgan fingerprint density at radius 2 is 1.62 bits per heavy atom. The van der Waals surface area contributed by atoms with E-state index in [1.165, 1.54) is 26.1 Å². The molecule has 0 N–H and O–H groups in total. The molecule has 2 atom stereocenters. The Hall–Kier alpha value is -1.43. The number of benzene rings is 1. The molecule has 0 saturated carbocycles. The average molecular weight is 357 g/mol. The summed E-state index contributed by atoms with van der Waals surface area (Å²) in [6.07, 6.45) is 2.37. The van der Waals surface area contributed by atoms with Crippen molar-refractivity contribution in [3.63, 3.8) is 0 Å². The summed E-state index contributed by atoms with van der Waals surface area (Å²) in [5.74, 6) is 1.56. The predicted octanol–water partition coefficient (Wildman–Crippen LogP) is 1.80. The molecule has 0 aromatic heterocycles. The van der Waals surface area contributed by atoms with Gasteiger partial charge in [-0.3, -0.25) is 4.79 Å². The highest BCUT2D eigenvalue weighted by Crippen LogP contribution is 2.21. The Morgan fingerprint density at radius 3 is 2.27 bits per heavy atom. The van der Waals surface area contributed by atoms with Gasteiger partial charge in [-0.25, -0.2) is 0 Å². The van der Waals surface area contributed by atoms with Gasteiger partial charge in [0.15, 0.2) is 0 Å². The van der Waals surface area contributed by atoms with E-state index in [9.17, 15) is 4.79 Å². The summed E-state index contributed by atoms with van der Waals surface area (Å²) in [6, 6.07) is 9.69. The third-order valence-electron chi connectivity index (χ3n) is 6.12. The summed E-state index contributed by atoms with van der Waals surface area (Å²) < 4.78 is 5.50. The molecule has 3 saturated heterocycles. The van der Waals surface area contributed by atoms with Gasteiger partial charge in [-0.05, 0) is 36.8 Å². The van der Waals surface area contributed by atoms with E-state index in [0.29, 0.717) is 5.92 Å². The van der Waals surface area contributed by atoms with Crippen LogP contribution in [0.15, 0.2) is 30.3 Å². The normalized spacial score (nSPS) is 27.9. The fraction of sp³-hybridized carbons (Fsp3) is 0.667. The van der Waals surface area contributed by atoms with Crippen LogP contribution in [0.1, 0.15) is 23.2 Å². The van der Waals surface area contributed by atoms with E-state index in [-0.39, 0.29) is 5.91 Å². The monoisotopic (exact) mass is 357 g/mol. The molecule has 0 bridgehead atoms. The number of hydrogen-bond donors (Lipinski definition) is 0. The Morgan fingerprint density at radius 1 is 0.923 bits per heavy atom. The summed E-state index contributed by atoms with van der Waals surface area (Å²) in [7, 11) is 0. The molecule has 5 nitrogen and oxygen atoms in total. The van der Waals surface area contributed by atoms with Crippen LogP contribution in [0.3, 0.4) is 0 Å². The van der Waals surface area contributed by atoms with E-state index in [4.69, 9.17) is 4.74 Å². The number of piperazine rings is 1. The molecule has 0 aliphatic carbocycles. The minimum Gasteiger partial charge on any atom is -0.381 e. The van der Waals surface area contributed by atoms with Crippen molar-refractivity contribution in [2.75, 3.05) is 65.6 Å². The molecule has 0 spiro atoms. The van der Waals surface area contributed by atoms with Gasteiger partial charge in [-0.2, -0.15) is 0 Å². The largest absolute Gasteiger partial charge is 0.381 e. The maximum Gasteiger partial charge on any atom is 0.253 e. The van der Waals surface area contributed by atoms with Crippen molar-refractivity contribution in [1.82, 2.24) is 14.7 Å². The maximum atomic E-state index is 12.6. The van der Waals surface area contributed by atoms with Gasteiger partial charge in [0.05, 0.1) is 6.61 Å². The van der Waals surface area contributed by atoms with Gasteiger partial charge < -0.3 is 19.4 Å². The van der Waals surface area contributed by atoms with Crippen molar-refractivity contribution in [3.05, 3.63) is 35.9 Å². The topological polar surface area (TPSA) is 36.0 Å². The maximum absolute atomic E-state index is 12.6. The van der Waals surface area contributed by atoms with Crippen LogP contribution in [0, 0.1) is 11.8 Å². The van der Waals surface area contributed by atoms with Crippen LogP contribution < -0.4 is 0 Å². The molecule has 1 aromatic rings. The number of carbonyl (C=O) groups is 1. The minimum atomic E-state index is 0.191. The Bertz CT molecular complexity index is 580. The van der Waals surface area contributed by atoms with Crippen molar-refractivity contribution in [2.24, 2.45) is 11.8 Å². The molecule has 142 valence electrons. The van der Waals surface area contributed by atoms with Gasteiger partial charge in [-0.1, -0.05) is 18.2 Å². The number of likely N-dealkylation sites (tertiary alicyclic amines) is 1. The first-order valence-electron chi connectivity index (χ1n) is 10.1. The first-order chi connectivity index (χ1) is 12.8. The van der Waals surface area contributed by atoms with E-state index < -0.39 is 0 Å². The number of amides is 1. The summed E-state index contributed by atoms with van der Waals surface area (Å²) in [4.78, 5) is 19.8. The van der Waals surface area contributed by atoms with E-state index in [1.54, 1.807) is 0 Å². The number of hydrogen-bond acceptors (Lipinski definition) is 4. The zero-order valence-electron chi connectivity index (χ0n) is 15.7. The zero-order chi connectivity index (χ0) is 17.8. The number of ether oxygens (including phenoxy) is 1. The first-order valence-corrected chi connectivity index (χ1v) is 10.1. The van der Waals surface area contributed by atoms with E-state index >= 15 is 0 Å². The van der Waals surface area contributed by atoms with Crippen molar-refractivity contribution in [1.29, 1.82) is 0 Å². The van der Waals surface area contributed by atoms with Gasteiger partial charge in [0.2, 0.25) is 0 Å². The minimum absolute atomic E-state index is 0.191. The van der Waals surface area contributed by atoms with Crippen molar-refractivity contribution in [2.45, 2.75) is 12.8 Å². The van der Waals surface area contributed by atoms with Gasteiger partial charge >= 0.3 is 0 Å². The van der Waals surface area contributed by atoms with E-state index in [1.807, 2.05) is 35.2 Å². The molecule has 3 fully saturated rings. The van der Waals surface area contributed by atoms with Crippen LogP contribution in [0.25, 0.3) is 0 Å². The molecule has 0 unspecified atom stereocenters. The molecule has 26 heavy (non-hydrogen) atoms. The lowest BCUT2D eigenvalue weighted by molar-refractivity contribution is 0.0772. The molecular formula is C21H31N3O2. The van der Waals surface area contributed by atoms with Crippen LogP contribution >= 0.6 is 0 Å². The lowest BCUT2D eigenvalue weighted by Crippen LogP contribution is -2.49. The fourth-order valence-electron chi connectivity index (χ4n) is 4.54. The van der Waals surface area contributed by atoms with E-state index in [2.05, 4.69) is 9.80 Å². The quantitative estimate of drug-likeness (QED) is 0.805. The molecule has 3 aliphatic rings. The lowest BCUT2D eigenvalue weighted by atomic mass is 10.1. The average Bonchev–Trinajstić information content (AvgIpc) is 3.36. The Balaban J connectivity index is 1.19. The third kappa shape index (κ3) is 4.45. The summed E-state index contributed by atoms with van der Waals surface area (Å²) in [5.41, 5.74) is 0.817. The van der Waals surface area contributed by atoms with Crippen LogP contribution in [0.4, 0.5) is 0 Å². The molecular weight excluding hydrogens is 326 g/mol. The number of nitrogens with zero attached hydrogens (tertiary/aromatic N) is 3. The molecule has 5 heteroatoms. The van der Waals surface area contributed by atoms with Crippen LogP contribution in [-0.4, -0.2) is 86.2 Å². The standard InChI is InChI=1S/C21H31N3O2/c25-21(20-4-2-1-3-5-20)24-8-6-18(16-24)14-22-9-11-23(12-10-22)15-19-7-13-26-17-19/h1-5,18-19H,6-17H2/t18-,19+/m0/s1. The SMILES string of the molecule is O=C(c1ccccc1)N1CC[C@@H](CN2CCN(C[C@H]3CCOC3)CC2)C1. The van der Waals surface area contributed by atoms with Crippen molar-refractivity contribution < 1.29 is 9.53 Å². The predicted molar refractivity (Wildman–Crippen MR) is 102 cm³/mol. The first kappa shape index (κ1) is 18.0.